The van der Waals surface area contributed by atoms with Crippen molar-refractivity contribution >= 4 is 35.0 Å². The first kappa shape index (κ1) is 29.3. The average Bonchev–Trinajstić information content (AvgIpc) is 3.39. The SMILES string of the molecule is Cc1ccc(-n2nc(C(C)(C)C)cc2NC(=O)Nc2ccccc2CC2CCN(C(=O)c3ccc(Cl)nc3)CC2)cc1. The molecule has 8 nitrogen and oxygen atoms in total. The normalized spacial score (nSPS) is 14.1. The van der Waals surface area contributed by atoms with Gasteiger partial charge in [0.2, 0.25) is 0 Å². The van der Waals surface area contributed by atoms with Crippen LogP contribution in [0.15, 0.2) is 72.9 Å². The molecule has 4 aromatic rings. The van der Waals surface area contributed by atoms with Crippen LogP contribution in [0.4, 0.5) is 16.3 Å². The van der Waals surface area contributed by atoms with Gasteiger partial charge in [-0.2, -0.15) is 5.10 Å². The van der Waals surface area contributed by atoms with Crippen LogP contribution in [0.25, 0.3) is 5.69 Å². The van der Waals surface area contributed by atoms with Crippen LogP contribution in [0.5, 0.6) is 0 Å². The predicted molar refractivity (Wildman–Crippen MR) is 168 cm³/mol. The van der Waals surface area contributed by atoms with Crippen molar-refractivity contribution in [3.05, 3.63) is 100 Å². The summed E-state index contributed by atoms with van der Waals surface area (Å²) >= 11 is 5.87. The number of halogens is 1. The number of nitrogens with zero attached hydrogens (tertiary/aromatic N) is 4. The summed E-state index contributed by atoms with van der Waals surface area (Å²) in [5.74, 6) is 0.989. The quantitative estimate of drug-likeness (QED) is 0.233. The molecule has 42 heavy (non-hydrogen) atoms. The van der Waals surface area contributed by atoms with E-state index in [4.69, 9.17) is 16.7 Å². The zero-order valence-electron chi connectivity index (χ0n) is 24.5. The van der Waals surface area contributed by atoms with Crippen LogP contribution in [-0.4, -0.2) is 44.7 Å². The fourth-order valence-corrected chi connectivity index (χ4v) is 5.26. The number of rotatable bonds is 6. The van der Waals surface area contributed by atoms with Gasteiger partial charge < -0.3 is 10.2 Å². The number of carbonyl (C=O) groups excluding carboxylic acids is 2. The molecule has 1 aliphatic heterocycles. The number of para-hydroxylation sites is 1. The number of hydrogen-bond acceptors (Lipinski definition) is 4. The molecule has 0 aliphatic carbocycles. The van der Waals surface area contributed by atoms with E-state index >= 15 is 0 Å². The number of piperidine rings is 1. The lowest BCUT2D eigenvalue weighted by Crippen LogP contribution is -2.39. The zero-order chi connectivity index (χ0) is 29.9. The molecule has 1 aliphatic rings. The molecule has 0 bridgehead atoms. The monoisotopic (exact) mass is 584 g/mol. The molecule has 1 fully saturated rings. The van der Waals surface area contributed by atoms with E-state index in [1.807, 2.05) is 60.4 Å². The fourth-order valence-electron chi connectivity index (χ4n) is 5.15. The van der Waals surface area contributed by atoms with Crippen LogP contribution in [0, 0.1) is 12.8 Å². The number of carbonyl (C=O) groups is 2. The van der Waals surface area contributed by atoms with Gasteiger partial charge in [0.25, 0.3) is 5.91 Å². The van der Waals surface area contributed by atoms with E-state index < -0.39 is 0 Å². The molecule has 0 saturated carbocycles. The maximum absolute atomic E-state index is 13.3. The predicted octanol–water partition coefficient (Wildman–Crippen LogP) is 7.27. The van der Waals surface area contributed by atoms with E-state index in [9.17, 15) is 9.59 Å². The standard InChI is InChI=1S/C33H37ClN6O2/c1-22-9-12-26(13-10-22)40-30(20-28(38-40)33(2,3)4)37-32(42)36-27-8-6-5-7-24(27)19-23-15-17-39(18-16-23)31(41)25-11-14-29(34)35-21-25/h5-14,20-21,23H,15-19H2,1-4H3,(H2,36,37,42). The first-order valence-electron chi connectivity index (χ1n) is 14.3. The molecule has 218 valence electrons. The highest BCUT2D eigenvalue weighted by atomic mass is 35.5. The second-order valence-corrected chi connectivity index (χ2v) is 12.3. The Morgan fingerprint density at radius 3 is 2.36 bits per heavy atom. The third-order valence-electron chi connectivity index (χ3n) is 7.65. The molecule has 0 radical (unpaired) electrons. The lowest BCUT2D eigenvalue weighted by Gasteiger charge is -2.32. The Bertz CT molecular complexity index is 1550. The van der Waals surface area contributed by atoms with Crippen LogP contribution >= 0.6 is 11.6 Å². The van der Waals surface area contributed by atoms with Gasteiger partial charge in [0.1, 0.15) is 11.0 Å². The number of likely N-dealkylation sites (tertiary alicyclic amines) is 1. The van der Waals surface area contributed by atoms with Crippen molar-refractivity contribution in [2.24, 2.45) is 5.92 Å². The van der Waals surface area contributed by atoms with Gasteiger partial charge >= 0.3 is 6.03 Å². The number of anilines is 2. The summed E-state index contributed by atoms with van der Waals surface area (Å²) < 4.78 is 1.78. The van der Waals surface area contributed by atoms with Crippen LogP contribution in [0.1, 0.15) is 60.8 Å². The van der Waals surface area contributed by atoms with E-state index in [2.05, 4.69) is 42.5 Å². The summed E-state index contributed by atoms with van der Waals surface area (Å²) in [6.07, 6.45) is 4.12. The van der Waals surface area contributed by atoms with Gasteiger partial charge in [-0.3, -0.25) is 10.1 Å². The van der Waals surface area contributed by atoms with Crippen molar-refractivity contribution in [3.63, 3.8) is 0 Å². The molecule has 3 amide bonds. The molecule has 0 atom stereocenters. The van der Waals surface area contributed by atoms with Gasteiger partial charge in [-0.1, -0.05) is 68.3 Å². The Balaban J connectivity index is 1.24. The third-order valence-corrected chi connectivity index (χ3v) is 7.87. The van der Waals surface area contributed by atoms with E-state index in [1.54, 1.807) is 16.8 Å². The van der Waals surface area contributed by atoms with E-state index in [0.717, 1.165) is 47.5 Å². The van der Waals surface area contributed by atoms with E-state index in [0.29, 0.717) is 35.5 Å². The fraction of sp³-hybridized carbons (Fsp3) is 0.333. The highest BCUT2D eigenvalue weighted by molar-refractivity contribution is 6.29. The lowest BCUT2D eigenvalue weighted by atomic mass is 9.89. The third kappa shape index (κ3) is 6.99. The maximum Gasteiger partial charge on any atom is 0.324 e. The highest BCUT2D eigenvalue weighted by Crippen LogP contribution is 2.29. The topological polar surface area (TPSA) is 92.2 Å². The molecular formula is C33H37ClN6O2. The molecule has 3 heterocycles. The van der Waals surface area contributed by atoms with E-state index in [1.165, 1.54) is 6.20 Å². The Labute approximate surface area is 252 Å². The first-order valence-corrected chi connectivity index (χ1v) is 14.7. The highest BCUT2D eigenvalue weighted by Gasteiger charge is 2.25. The molecule has 0 unspecified atom stereocenters. The largest absolute Gasteiger partial charge is 0.339 e. The summed E-state index contributed by atoms with van der Waals surface area (Å²) in [7, 11) is 0. The van der Waals surface area contributed by atoms with Gasteiger partial charge in [-0.05, 0) is 68.0 Å². The minimum Gasteiger partial charge on any atom is -0.339 e. The second kappa shape index (κ2) is 12.4. The molecule has 2 N–H and O–H groups in total. The number of amides is 3. The Morgan fingerprint density at radius 2 is 1.69 bits per heavy atom. The van der Waals surface area contributed by atoms with Crippen molar-refractivity contribution < 1.29 is 9.59 Å². The number of pyridine rings is 1. The van der Waals surface area contributed by atoms with Gasteiger partial charge in [0, 0.05) is 36.5 Å². The van der Waals surface area contributed by atoms with Crippen molar-refractivity contribution in [2.45, 2.75) is 52.4 Å². The van der Waals surface area contributed by atoms with Crippen molar-refractivity contribution in [2.75, 3.05) is 23.7 Å². The van der Waals surface area contributed by atoms with Crippen LogP contribution < -0.4 is 10.6 Å². The summed E-state index contributed by atoms with van der Waals surface area (Å²) in [6.45, 7) is 9.71. The van der Waals surface area contributed by atoms with Crippen LogP contribution in [0.3, 0.4) is 0 Å². The van der Waals surface area contributed by atoms with Crippen molar-refractivity contribution in [1.29, 1.82) is 0 Å². The van der Waals surface area contributed by atoms with Crippen molar-refractivity contribution in [1.82, 2.24) is 19.7 Å². The summed E-state index contributed by atoms with van der Waals surface area (Å²) in [5.41, 5.74) is 5.14. The van der Waals surface area contributed by atoms with Gasteiger partial charge in [-0.15, -0.1) is 0 Å². The zero-order valence-corrected chi connectivity index (χ0v) is 25.3. The lowest BCUT2D eigenvalue weighted by molar-refractivity contribution is 0.0690. The minimum absolute atomic E-state index is 0.0177. The molecule has 0 spiro atoms. The summed E-state index contributed by atoms with van der Waals surface area (Å²) in [6, 6.07) is 20.9. The van der Waals surface area contributed by atoms with Gasteiger partial charge in [0.05, 0.1) is 16.9 Å². The number of nitrogens with one attached hydrogen (secondary N) is 2. The van der Waals surface area contributed by atoms with Crippen LogP contribution in [-0.2, 0) is 11.8 Å². The first-order chi connectivity index (χ1) is 20.1. The summed E-state index contributed by atoms with van der Waals surface area (Å²) in [5, 5.41) is 11.3. The molecule has 9 heteroatoms. The van der Waals surface area contributed by atoms with Gasteiger partial charge in [0.15, 0.2) is 0 Å². The van der Waals surface area contributed by atoms with Crippen molar-refractivity contribution in [3.8, 4) is 5.69 Å². The number of aromatic nitrogens is 3. The smallest absolute Gasteiger partial charge is 0.324 e. The average molecular weight is 585 g/mol. The number of urea groups is 1. The number of hydrogen-bond donors (Lipinski definition) is 2. The molecule has 1 saturated heterocycles. The Morgan fingerprint density at radius 1 is 0.976 bits per heavy atom. The van der Waals surface area contributed by atoms with E-state index in [-0.39, 0.29) is 17.4 Å². The molecule has 2 aromatic heterocycles. The van der Waals surface area contributed by atoms with Crippen LogP contribution in [0.2, 0.25) is 5.15 Å². The summed E-state index contributed by atoms with van der Waals surface area (Å²) in [4.78, 5) is 32.1. The Hall–Kier alpha value is -4.17. The Kier molecular flexibility index (Phi) is 8.64. The van der Waals surface area contributed by atoms with Gasteiger partial charge in [-0.25, -0.2) is 14.5 Å². The molecule has 5 rings (SSSR count). The number of aryl methyl sites for hydroxylation is 1. The minimum atomic E-state index is -0.326. The molecular weight excluding hydrogens is 548 g/mol. The number of benzene rings is 2. The maximum atomic E-state index is 13.3. The molecule has 2 aromatic carbocycles. The second-order valence-electron chi connectivity index (χ2n) is 12.0.